The third-order valence-electron chi connectivity index (χ3n) is 2.43. The topological polar surface area (TPSA) is 91.3 Å². The highest BCUT2D eigenvalue weighted by molar-refractivity contribution is 9.10. The number of anilines is 1. The van der Waals surface area contributed by atoms with Gasteiger partial charge in [-0.1, -0.05) is 0 Å². The standard InChI is InChI=1S/C12H10BrN3O3/c1-7-2-3-9(16(17)18)5-11(7)19-12-10(14)4-8(13)6-15-12/h2-6H,14H2,1H3. The van der Waals surface area contributed by atoms with Crippen LogP contribution in [0.5, 0.6) is 11.6 Å². The van der Waals surface area contributed by atoms with Gasteiger partial charge in [0.2, 0.25) is 5.88 Å². The van der Waals surface area contributed by atoms with Crippen LogP contribution in [-0.4, -0.2) is 9.91 Å². The van der Waals surface area contributed by atoms with Crippen LogP contribution >= 0.6 is 15.9 Å². The highest BCUT2D eigenvalue weighted by Crippen LogP contribution is 2.31. The summed E-state index contributed by atoms with van der Waals surface area (Å²) in [6, 6.07) is 6.02. The lowest BCUT2D eigenvalue weighted by Gasteiger charge is -2.09. The first kappa shape index (κ1) is 13.3. The van der Waals surface area contributed by atoms with Gasteiger partial charge in [0, 0.05) is 16.7 Å². The summed E-state index contributed by atoms with van der Waals surface area (Å²) < 4.78 is 6.25. The van der Waals surface area contributed by atoms with Gasteiger partial charge in [-0.2, -0.15) is 0 Å². The Morgan fingerprint density at radius 2 is 2.16 bits per heavy atom. The van der Waals surface area contributed by atoms with E-state index >= 15 is 0 Å². The number of hydrogen-bond acceptors (Lipinski definition) is 5. The smallest absolute Gasteiger partial charge is 0.273 e. The summed E-state index contributed by atoms with van der Waals surface area (Å²) in [5, 5.41) is 10.7. The molecule has 0 saturated carbocycles. The zero-order chi connectivity index (χ0) is 14.0. The Morgan fingerprint density at radius 1 is 1.42 bits per heavy atom. The molecule has 0 radical (unpaired) electrons. The van der Waals surface area contributed by atoms with Crippen molar-refractivity contribution in [2.45, 2.75) is 6.92 Å². The predicted molar refractivity (Wildman–Crippen MR) is 74.3 cm³/mol. The molecule has 98 valence electrons. The molecule has 0 aliphatic rings. The zero-order valence-electron chi connectivity index (χ0n) is 9.96. The van der Waals surface area contributed by atoms with Crippen LogP contribution in [0.1, 0.15) is 5.56 Å². The first-order valence-electron chi connectivity index (χ1n) is 5.31. The van der Waals surface area contributed by atoms with Gasteiger partial charge in [-0.25, -0.2) is 4.98 Å². The fourth-order valence-corrected chi connectivity index (χ4v) is 1.79. The molecule has 0 atom stereocenters. The molecule has 2 N–H and O–H groups in total. The molecule has 6 nitrogen and oxygen atoms in total. The molecule has 0 saturated heterocycles. The van der Waals surface area contributed by atoms with E-state index in [1.54, 1.807) is 25.3 Å². The highest BCUT2D eigenvalue weighted by Gasteiger charge is 2.12. The van der Waals surface area contributed by atoms with Crippen LogP contribution < -0.4 is 10.5 Å². The molecule has 1 aromatic heterocycles. The minimum absolute atomic E-state index is 0.0451. The molecule has 2 aromatic rings. The SMILES string of the molecule is Cc1ccc([N+](=O)[O-])cc1Oc1ncc(Br)cc1N. The van der Waals surface area contributed by atoms with E-state index in [4.69, 9.17) is 10.5 Å². The van der Waals surface area contributed by atoms with Crippen LogP contribution in [0.3, 0.4) is 0 Å². The van der Waals surface area contributed by atoms with Gasteiger partial charge in [0.1, 0.15) is 5.75 Å². The highest BCUT2D eigenvalue weighted by atomic mass is 79.9. The Labute approximate surface area is 117 Å². The van der Waals surface area contributed by atoms with Crippen LogP contribution in [0.25, 0.3) is 0 Å². The number of halogens is 1. The molecule has 7 heteroatoms. The van der Waals surface area contributed by atoms with Gasteiger partial charge in [-0.15, -0.1) is 0 Å². The maximum atomic E-state index is 10.7. The third-order valence-corrected chi connectivity index (χ3v) is 2.87. The second-order valence-corrected chi connectivity index (χ2v) is 4.77. The average molecular weight is 324 g/mol. The van der Waals surface area contributed by atoms with Crippen molar-refractivity contribution in [1.82, 2.24) is 4.98 Å². The van der Waals surface area contributed by atoms with Crippen molar-refractivity contribution in [2.24, 2.45) is 0 Å². The Kier molecular flexibility index (Phi) is 3.66. The lowest BCUT2D eigenvalue weighted by molar-refractivity contribution is -0.384. The summed E-state index contributed by atoms with van der Waals surface area (Å²) in [6.45, 7) is 1.79. The minimum Gasteiger partial charge on any atom is -0.437 e. The number of aryl methyl sites for hydroxylation is 1. The molecule has 0 aliphatic carbocycles. The van der Waals surface area contributed by atoms with E-state index in [1.165, 1.54) is 12.1 Å². The molecule has 1 aromatic carbocycles. The van der Waals surface area contributed by atoms with Gasteiger partial charge in [-0.3, -0.25) is 10.1 Å². The van der Waals surface area contributed by atoms with Crippen molar-refractivity contribution in [1.29, 1.82) is 0 Å². The van der Waals surface area contributed by atoms with Gasteiger partial charge in [0.05, 0.1) is 16.7 Å². The molecule has 2 rings (SSSR count). The number of aromatic nitrogens is 1. The van der Waals surface area contributed by atoms with Crippen molar-refractivity contribution in [3.05, 3.63) is 50.6 Å². The van der Waals surface area contributed by atoms with Crippen molar-refractivity contribution in [2.75, 3.05) is 5.73 Å². The van der Waals surface area contributed by atoms with E-state index in [-0.39, 0.29) is 11.6 Å². The number of pyridine rings is 1. The molecule has 19 heavy (non-hydrogen) atoms. The fourth-order valence-electron chi connectivity index (χ4n) is 1.44. The third kappa shape index (κ3) is 3.00. The molecule has 0 amide bonds. The number of nitrogens with zero attached hydrogens (tertiary/aromatic N) is 2. The van der Waals surface area contributed by atoms with Crippen LogP contribution in [-0.2, 0) is 0 Å². The number of nitrogens with two attached hydrogens (primary N) is 1. The van der Waals surface area contributed by atoms with Gasteiger partial charge in [0.15, 0.2) is 0 Å². The number of benzene rings is 1. The Morgan fingerprint density at radius 3 is 2.79 bits per heavy atom. The van der Waals surface area contributed by atoms with Gasteiger partial charge in [-0.05, 0) is 40.5 Å². The van der Waals surface area contributed by atoms with Gasteiger partial charge < -0.3 is 10.5 Å². The van der Waals surface area contributed by atoms with Crippen LogP contribution in [0.2, 0.25) is 0 Å². The molecule has 0 bridgehead atoms. The minimum atomic E-state index is -0.481. The average Bonchev–Trinajstić information content (AvgIpc) is 2.34. The van der Waals surface area contributed by atoms with Crippen LogP contribution in [0.4, 0.5) is 11.4 Å². The van der Waals surface area contributed by atoms with E-state index in [0.717, 1.165) is 10.0 Å². The molecular weight excluding hydrogens is 314 g/mol. The summed E-state index contributed by atoms with van der Waals surface area (Å²) in [7, 11) is 0. The summed E-state index contributed by atoms with van der Waals surface area (Å²) in [4.78, 5) is 14.3. The second-order valence-electron chi connectivity index (χ2n) is 3.86. The molecule has 0 aliphatic heterocycles. The molecule has 1 heterocycles. The lowest BCUT2D eigenvalue weighted by Crippen LogP contribution is -1.97. The number of nitro benzene ring substituents is 1. The lowest BCUT2D eigenvalue weighted by atomic mass is 10.2. The maximum absolute atomic E-state index is 10.7. The maximum Gasteiger partial charge on any atom is 0.273 e. The van der Waals surface area contributed by atoms with Crippen molar-refractivity contribution >= 4 is 27.3 Å². The number of nitrogen functional groups attached to an aromatic ring is 1. The van der Waals surface area contributed by atoms with Crippen LogP contribution in [0.15, 0.2) is 34.9 Å². The number of rotatable bonds is 3. The number of ether oxygens (including phenoxy) is 1. The Balaban J connectivity index is 2.37. The number of non-ortho nitro benzene ring substituents is 1. The van der Waals surface area contributed by atoms with E-state index < -0.39 is 4.92 Å². The predicted octanol–water partition coefficient (Wildman–Crippen LogP) is 3.44. The second kappa shape index (κ2) is 5.23. The number of hydrogen-bond donors (Lipinski definition) is 1. The molecule has 0 fully saturated rings. The number of nitro groups is 1. The molecule has 0 unspecified atom stereocenters. The quantitative estimate of drug-likeness (QED) is 0.690. The summed E-state index contributed by atoms with van der Waals surface area (Å²) in [6.07, 6.45) is 1.54. The van der Waals surface area contributed by atoms with E-state index in [2.05, 4.69) is 20.9 Å². The van der Waals surface area contributed by atoms with Crippen LogP contribution in [0, 0.1) is 17.0 Å². The van der Waals surface area contributed by atoms with Crippen molar-refractivity contribution < 1.29 is 9.66 Å². The van der Waals surface area contributed by atoms with E-state index in [9.17, 15) is 10.1 Å². The fraction of sp³-hybridized carbons (Fsp3) is 0.0833. The van der Waals surface area contributed by atoms with Gasteiger partial charge in [0.25, 0.3) is 5.69 Å². The summed E-state index contributed by atoms with van der Waals surface area (Å²) in [5.74, 6) is 0.572. The molecular formula is C12H10BrN3O3. The molecule has 0 spiro atoms. The normalized spacial score (nSPS) is 10.2. The first-order valence-corrected chi connectivity index (χ1v) is 6.10. The van der Waals surface area contributed by atoms with Crippen molar-refractivity contribution in [3.8, 4) is 11.6 Å². The Hall–Kier alpha value is -2.15. The zero-order valence-corrected chi connectivity index (χ0v) is 11.5. The summed E-state index contributed by atoms with van der Waals surface area (Å²) >= 11 is 3.24. The largest absolute Gasteiger partial charge is 0.437 e. The van der Waals surface area contributed by atoms with E-state index in [0.29, 0.717) is 11.4 Å². The first-order chi connectivity index (χ1) is 8.97. The van der Waals surface area contributed by atoms with Crippen molar-refractivity contribution in [3.63, 3.8) is 0 Å². The van der Waals surface area contributed by atoms with Gasteiger partial charge >= 0.3 is 0 Å². The monoisotopic (exact) mass is 323 g/mol. The summed E-state index contributed by atoms with van der Waals surface area (Å²) in [5.41, 5.74) is 6.83. The van der Waals surface area contributed by atoms with E-state index in [1.807, 2.05) is 0 Å². The Bertz CT molecular complexity index is 646.